The van der Waals surface area contributed by atoms with Gasteiger partial charge in [0.05, 0.1) is 39.4 Å². The summed E-state index contributed by atoms with van der Waals surface area (Å²) in [4.78, 5) is 62.3. The zero-order valence-electron chi connectivity index (χ0n) is 30.9. The molecule has 0 heterocycles. The number of nitrogens with zero attached hydrogens (tertiary/aromatic N) is 3. The summed E-state index contributed by atoms with van der Waals surface area (Å²) in [6.45, 7) is 12.1. The summed E-state index contributed by atoms with van der Waals surface area (Å²) in [5.74, 6) is -4.37. The molecule has 0 radical (unpaired) electrons. The van der Waals surface area contributed by atoms with Gasteiger partial charge in [-0.15, -0.1) is 0 Å². The first-order valence-corrected chi connectivity index (χ1v) is 17.7. The fourth-order valence-corrected chi connectivity index (χ4v) is 7.72. The van der Waals surface area contributed by atoms with Crippen LogP contribution in [-0.2, 0) is 29.0 Å². The topological polar surface area (TPSA) is 218 Å². The van der Waals surface area contributed by atoms with E-state index in [2.05, 4.69) is 23.6 Å². The van der Waals surface area contributed by atoms with E-state index in [9.17, 15) is 50.1 Å². The van der Waals surface area contributed by atoms with E-state index in [4.69, 9.17) is 0 Å². The maximum absolute atomic E-state index is 12.4. The maximum Gasteiger partial charge on any atom is 0.317 e. The van der Waals surface area contributed by atoms with Crippen molar-refractivity contribution >= 4 is 23.9 Å². The second-order valence-electron chi connectivity index (χ2n) is 13.7. The molecule has 0 bridgehead atoms. The quantitative estimate of drug-likeness (QED) is 0.0425. The molecule has 6 N–H and O–H groups in total. The first-order valence-electron chi connectivity index (χ1n) is 17.7. The van der Waals surface area contributed by atoms with Gasteiger partial charge in [0.15, 0.2) is 0 Å². The van der Waals surface area contributed by atoms with Crippen molar-refractivity contribution in [3.05, 3.63) is 0 Å². The molecule has 0 aliphatic carbocycles. The zero-order valence-corrected chi connectivity index (χ0v) is 30.9. The molecule has 0 fully saturated rings. The smallest absolute Gasteiger partial charge is 0.317 e. The van der Waals surface area contributed by atoms with Crippen LogP contribution >= 0.6 is 0 Å². The number of carbonyl (C=O) groups is 4. The van der Waals surface area contributed by atoms with Crippen molar-refractivity contribution in [2.75, 3.05) is 52.5 Å². The summed E-state index contributed by atoms with van der Waals surface area (Å²) in [7, 11) is 0. The molecule has 0 rings (SSSR count). The van der Waals surface area contributed by atoms with Crippen molar-refractivity contribution in [1.29, 1.82) is 0 Å². The SMILES string of the molecule is CCC(CC)CC(CC)(CC(CC)(CC(CC)CC(C)(CC)N(CC(=O)O)CC(=O)O)N(CCOO)CC(=O)O)N(CCOO)CC(=O)O. The average Bonchev–Trinajstić information content (AvgIpc) is 3.04. The standard InChI is InChI=1S/C34H65N3O12/c1-8-26(9-2)19-33(12-5,35(14-16-48-46)21-28(38)39)25-34(13-6,36(15-17-49-47)22-29(40)41)20-27(10-3)18-32(7,11-4)37(23-30(42)43)24-31(44)45/h26-27,46-47H,8-25H2,1-7H3,(H,38,39)(H,40,41)(H,42,43)(H,44,45). The third-order valence-electron chi connectivity index (χ3n) is 10.8. The van der Waals surface area contributed by atoms with Crippen molar-refractivity contribution in [3.63, 3.8) is 0 Å². The Labute approximate surface area is 292 Å². The Bertz CT molecular complexity index is 983. The molecule has 49 heavy (non-hydrogen) atoms. The number of rotatable bonds is 31. The van der Waals surface area contributed by atoms with Crippen LogP contribution in [0.1, 0.15) is 113 Å². The van der Waals surface area contributed by atoms with Crippen LogP contribution < -0.4 is 0 Å². The van der Waals surface area contributed by atoms with Crippen LogP contribution in [0.5, 0.6) is 0 Å². The molecule has 0 saturated carbocycles. The molecule has 4 unspecified atom stereocenters. The van der Waals surface area contributed by atoms with E-state index in [1.54, 1.807) is 4.90 Å². The van der Waals surface area contributed by atoms with E-state index in [0.717, 1.165) is 12.8 Å². The van der Waals surface area contributed by atoms with Crippen LogP contribution in [0.15, 0.2) is 0 Å². The molecule has 15 nitrogen and oxygen atoms in total. The van der Waals surface area contributed by atoms with Gasteiger partial charge in [-0.25, -0.2) is 9.78 Å². The van der Waals surface area contributed by atoms with Crippen LogP contribution in [-0.4, -0.2) is 139 Å². The normalized spacial score (nSPS) is 16.4. The minimum Gasteiger partial charge on any atom is -0.480 e. The Hall–Kier alpha value is -2.40. The Kier molecular flexibility index (Phi) is 22.0. The van der Waals surface area contributed by atoms with Gasteiger partial charge in [-0.3, -0.25) is 44.4 Å². The number of carboxylic acid groups (broad SMARTS) is 4. The number of hydrogen-bond acceptors (Lipinski definition) is 11. The molecule has 0 aliphatic rings. The van der Waals surface area contributed by atoms with Crippen LogP contribution in [0.2, 0.25) is 0 Å². The molecule has 288 valence electrons. The summed E-state index contributed by atoms with van der Waals surface area (Å²) in [5.41, 5.74) is -2.51. The van der Waals surface area contributed by atoms with Gasteiger partial charge in [0.25, 0.3) is 0 Å². The second-order valence-corrected chi connectivity index (χ2v) is 13.7. The molecule has 0 aromatic rings. The lowest BCUT2D eigenvalue weighted by Crippen LogP contribution is -2.62. The van der Waals surface area contributed by atoms with Crippen LogP contribution in [0.3, 0.4) is 0 Å². The number of aliphatic carboxylic acids is 4. The first kappa shape index (κ1) is 46.6. The highest BCUT2D eigenvalue weighted by molar-refractivity contribution is 5.73. The molecule has 0 amide bonds. The minimum absolute atomic E-state index is 0.0612. The lowest BCUT2D eigenvalue weighted by molar-refractivity contribution is -0.248. The molecule has 0 spiro atoms. The molecule has 15 heteroatoms. The van der Waals surface area contributed by atoms with Crippen LogP contribution in [0, 0.1) is 11.8 Å². The van der Waals surface area contributed by atoms with E-state index in [1.807, 2.05) is 39.5 Å². The van der Waals surface area contributed by atoms with Gasteiger partial charge in [-0.2, -0.15) is 0 Å². The lowest BCUT2D eigenvalue weighted by atomic mass is 9.67. The van der Waals surface area contributed by atoms with Crippen LogP contribution in [0.25, 0.3) is 0 Å². The van der Waals surface area contributed by atoms with Gasteiger partial charge in [-0.1, -0.05) is 60.8 Å². The molecule has 0 aliphatic heterocycles. The fourth-order valence-electron chi connectivity index (χ4n) is 7.72. The fraction of sp³-hybridized carbons (Fsp3) is 0.882. The molecule has 0 saturated heterocycles. The monoisotopic (exact) mass is 707 g/mol. The lowest BCUT2D eigenvalue weighted by Gasteiger charge is -2.54. The van der Waals surface area contributed by atoms with Gasteiger partial charge < -0.3 is 20.4 Å². The van der Waals surface area contributed by atoms with Gasteiger partial charge in [0.2, 0.25) is 0 Å². The van der Waals surface area contributed by atoms with Crippen LogP contribution in [0.4, 0.5) is 0 Å². The van der Waals surface area contributed by atoms with Crippen molar-refractivity contribution in [1.82, 2.24) is 14.7 Å². The van der Waals surface area contributed by atoms with Gasteiger partial charge in [0.1, 0.15) is 0 Å². The van der Waals surface area contributed by atoms with Gasteiger partial charge >= 0.3 is 23.9 Å². The predicted octanol–water partition coefficient (Wildman–Crippen LogP) is 4.70. The summed E-state index contributed by atoms with van der Waals surface area (Å²) in [6.07, 6.45) is 5.48. The van der Waals surface area contributed by atoms with Gasteiger partial charge in [-0.05, 0) is 63.7 Å². The van der Waals surface area contributed by atoms with E-state index in [-0.39, 0.29) is 51.2 Å². The second kappa shape index (κ2) is 23.1. The van der Waals surface area contributed by atoms with Crippen molar-refractivity contribution in [3.8, 4) is 0 Å². The van der Waals surface area contributed by atoms with Crippen molar-refractivity contribution < 1.29 is 59.9 Å². The highest BCUT2D eigenvalue weighted by Crippen LogP contribution is 2.45. The molecule has 0 aromatic carbocycles. The highest BCUT2D eigenvalue weighted by atomic mass is 17.1. The highest BCUT2D eigenvalue weighted by Gasteiger charge is 2.49. The van der Waals surface area contributed by atoms with Crippen molar-refractivity contribution in [2.45, 2.75) is 129 Å². The average molecular weight is 708 g/mol. The number of carboxylic acids is 4. The third kappa shape index (κ3) is 15.2. The molecular weight excluding hydrogens is 642 g/mol. The number of hydrogen-bond donors (Lipinski definition) is 6. The van der Waals surface area contributed by atoms with E-state index < -0.39 is 53.6 Å². The summed E-state index contributed by atoms with van der Waals surface area (Å²) < 4.78 is 0. The summed E-state index contributed by atoms with van der Waals surface area (Å²) in [6, 6.07) is 0. The largest absolute Gasteiger partial charge is 0.480 e. The van der Waals surface area contributed by atoms with E-state index >= 15 is 0 Å². The summed E-state index contributed by atoms with van der Waals surface area (Å²) >= 11 is 0. The minimum atomic E-state index is -1.15. The Morgan fingerprint density at radius 2 is 0.898 bits per heavy atom. The predicted molar refractivity (Wildman–Crippen MR) is 183 cm³/mol. The zero-order chi connectivity index (χ0) is 37.8. The Morgan fingerprint density at radius 3 is 1.18 bits per heavy atom. The Morgan fingerprint density at radius 1 is 0.551 bits per heavy atom. The third-order valence-corrected chi connectivity index (χ3v) is 10.8. The van der Waals surface area contributed by atoms with E-state index in [1.165, 1.54) is 4.90 Å². The van der Waals surface area contributed by atoms with Gasteiger partial charge in [0, 0.05) is 29.7 Å². The van der Waals surface area contributed by atoms with E-state index in [0.29, 0.717) is 51.4 Å². The molecule has 4 atom stereocenters. The summed E-state index contributed by atoms with van der Waals surface area (Å²) in [5, 5.41) is 58.1. The maximum atomic E-state index is 12.4. The molecular formula is C34H65N3O12. The Balaban J connectivity index is 7.60. The molecule has 0 aromatic heterocycles. The first-order chi connectivity index (χ1) is 23.0. The van der Waals surface area contributed by atoms with Crippen molar-refractivity contribution in [2.24, 2.45) is 11.8 Å².